The highest BCUT2D eigenvalue weighted by Crippen LogP contribution is 2.39. The highest BCUT2D eigenvalue weighted by molar-refractivity contribution is 6.46. The third kappa shape index (κ3) is 3.04. The molecule has 0 aliphatic carbocycles. The minimum Gasteiger partial charge on any atom is -0.507 e. The van der Waals surface area contributed by atoms with Crippen LogP contribution in [0.4, 0.5) is 4.39 Å². The first-order chi connectivity index (χ1) is 12.4. The third-order valence-electron chi connectivity index (χ3n) is 4.36. The Morgan fingerprint density at radius 1 is 1.23 bits per heavy atom. The number of aliphatic hydroxyl groups is 1. The number of carbonyl (C=O) groups is 2. The Balaban J connectivity index is 2.21. The zero-order chi connectivity index (χ0) is 18.8. The summed E-state index contributed by atoms with van der Waals surface area (Å²) in [5.74, 6) is -2.29. The van der Waals surface area contributed by atoms with Crippen molar-refractivity contribution >= 4 is 17.4 Å². The van der Waals surface area contributed by atoms with Gasteiger partial charge < -0.3 is 10.0 Å². The minimum atomic E-state index is -0.870. The van der Waals surface area contributed by atoms with E-state index >= 15 is 0 Å². The lowest BCUT2D eigenvalue weighted by Gasteiger charge is -2.24. The fraction of sp³-hybridized carbons (Fsp3) is 0.143. The van der Waals surface area contributed by atoms with Crippen molar-refractivity contribution in [3.05, 3.63) is 89.3 Å². The molecule has 1 fully saturated rings. The molecular formula is C21H18FNO3. The van der Waals surface area contributed by atoms with Crippen LogP contribution in [0.15, 0.2) is 66.8 Å². The normalized spacial score (nSPS) is 19.0. The van der Waals surface area contributed by atoms with Crippen LogP contribution in [0.2, 0.25) is 0 Å². The van der Waals surface area contributed by atoms with Crippen LogP contribution in [-0.2, 0) is 9.59 Å². The van der Waals surface area contributed by atoms with E-state index in [1.54, 1.807) is 30.3 Å². The monoisotopic (exact) mass is 351 g/mol. The molecule has 132 valence electrons. The highest BCUT2D eigenvalue weighted by atomic mass is 19.1. The van der Waals surface area contributed by atoms with Crippen LogP contribution in [0, 0.1) is 12.7 Å². The van der Waals surface area contributed by atoms with Gasteiger partial charge in [-0.25, -0.2) is 4.39 Å². The van der Waals surface area contributed by atoms with Crippen LogP contribution in [0.3, 0.4) is 0 Å². The van der Waals surface area contributed by atoms with Crippen LogP contribution in [-0.4, -0.2) is 28.2 Å². The quantitative estimate of drug-likeness (QED) is 0.395. The standard InChI is InChI=1S/C21H18FNO3/c1-3-11-23-18(15-5-4-6-16(22)12-15)17(20(25)21(23)26)19(24)14-9-7-13(2)8-10-14/h3-10,12,18,24H,1,11H2,2H3/t18-/m1/s1. The van der Waals surface area contributed by atoms with Crippen molar-refractivity contribution in [3.8, 4) is 0 Å². The second-order valence-electron chi connectivity index (χ2n) is 6.16. The molecule has 1 saturated heterocycles. The summed E-state index contributed by atoms with van der Waals surface area (Å²) in [4.78, 5) is 26.3. The van der Waals surface area contributed by atoms with Gasteiger partial charge in [0.1, 0.15) is 11.6 Å². The lowest BCUT2D eigenvalue weighted by atomic mass is 9.95. The van der Waals surface area contributed by atoms with Crippen molar-refractivity contribution in [2.75, 3.05) is 6.54 Å². The van der Waals surface area contributed by atoms with Gasteiger partial charge in [0.2, 0.25) is 0 Å². The molecule has 0 saturated carbocycles. The number of halogens is 1. The SMILES string of the molecule is C=CCN1C(=O)C(=O)C(=C(O)c2ccc(C)cc2)[C@H]1c1cccc(F)c1. The summed E-state index contributed by atoms with van der Waals surface area (Å²) in [6.07, 6.45) is 1.49. The maximum atomic E-state index is 13.7. The fourth-order valence-corrected chi connectivity index (χ4v) is 3.10. The molecule has 0 radical (unpaired) electrons. The predicted molar refractivity (Wildman–Crippen MR) is 96.8 cm³/mol. The number of Topliss-reactive ketones (excluding diaryl/α,β-unsaturated/α-hetero) is 1. The largest absolute Gasteiger partial charge is 0.507 e. The van der Waals surface area contributed by atoms with E-state index in [1.165, 1.54) is 29.2 Å². The average molecular weight is 351 g/mol. The highest BCUT2D eigenvalue weighted by Gasteiger charge is 2.45. The Hall–Kier alpha value is -3.21. The van der Waals surface area contributed by atoms with Gasteiger partial charge in [0.15, 0.2) is 0 Å². The Kier molecular flexibility index (Phi) is 4.71. The number of aliphatic hydroxyl groups excluding tert-OH is 1. The van der Waals surface area contributed by atoms with E-state index in [-0.39, 0.29) is 17.9 Å². The maximum absolute atomic E-state index is 13.7. The van der Waals surface area contributed by atoms with Crippen molar-refractivity contribution in [2.45, 2.75) is 13.0 Å². The summed E-state index contributed by atoms with van der Waals surface area (Å²) in [7, 11) is 0. The molecule has 1 heterocycles. The van der Waals surface area contributed by atoms with Crippen molar-refractivity contribution in [1.82, 2.24) is 4.90 Å². The molecule has 2 aromatic carbocycles. The van der Waals surface area contributed by atoms with E-state index in [0.29, 0.717) is 11.1 Å². The van der Waals surface area contributed by atoms with E-state index in [0.717, 1.165) is 5.56 Å². The molecule has 1 amide bonds. The number of benzene rings is 2. The van der Waals surface area contributed by atoms with Crippen LogP contribution in [0.25, 0.3) is 5.76 Å². The Morgan fingerprint density at radius 2 is 1.92 bits per heavy atom. The summed E-state index contributed by atoms with van der Waals surface area (Å²) < 4.78 is 13.7. The summed E-state index contributed by atoms with van der Waals surface area (Å²) in [6, 6.07) is 11.7. The lowest BCUT2D eigenvalue weighted by molar-refractivity contribution is -0.139. The van der Waals surface area contributed by atoms with Crippen LogP contribution >= 0.6 is 0 Å². The first kappa shape index (κ1) is 17.6. The summed E-state index contributed by atoms with van der Waals surface area (Å²) in [6.45, 7) is 5.62. The number of rotatable bonds is 4. The van der Waals surface area contributed by atoms with Gasteiger partial charge in [0, 0.05) is 12.1 Å². The topological polar surface area (TPSA) is 57.6 Å². The molecule has 3 rings (SSSR count). The van der Waals surface area contributed by atoms with Crippen LogP contribution in [0.1, 0.15) is 22.7 Å². The van der Waals surface area contributed by atoms with Gasteiger partial charge in [-0.2, -0.15) is 0 Å². The Morgan fingerprint density at radius 3 is 2.54 bits per heavy atom. The number of ketones is 1. The molecule has 4 nitrogen and oxygen atoms in total. The summed E-state index contributed by atoms with van der Waals surface area (Å²) in [5.41, 5.74) is 1.79. The number of carbonyl (C=O) groups excluding carboxylic acids is 2. The third-order valence-corrected chi connectivity index (χ3v) is 4.36. The molecule has 1 aliphatic rings. The van der Waals surface area contributed by atoms with Crippen LogP contribution in [0.5, 0.6) is 0 Å². The van der Waals surface area contributed by atoms with Crippen molar-refractivity contribution in [3.63, 3.8) is 0 Å². The number of hydrogen-bond acceptors (Lipinski definition) is 3. The Bertz CT molecular complexity index is 915. The minimum absolute atomic E-state index is 0.0497. The molecule has 1 atom stereocenters. The zero-order valence-corrected chi connectivity index (χ0v) is 14.3. The van der Waals surface area contributed by atoms with Gasteiger partial charge in [-0.1, -0.05) is 48.0 Å². The van der Waals surface area contributed by atoms with E-state index in [9.17, 15) is 19.1 Å². The lowest BCUT2D eigenvalue weighted by Crippen LogP contribution is -2.29. The first-order valence-electron chi connectivity index (χ1n) is 8.16. The molecule has 2 aromatic rings. The number of aryl methyl sites for hydroxylation is 1. The summed E-state index contributed by atoms with van der Waals surface area (Å²) in [5, 5.41) is 10.7. The van der Waals surface area contributed by atoms with E-state index < -0.39 is 23.5 Å². The van der Waals surface area contributed by atoms with Gasteiger partial charge in [0.25, 0.3) is 11.7 Å². The maximum Gasteiger partial charge on any atom is 0.295 e. The molecule has 0 spiro atoms. The molecule has 1 N–H and O–H groups in total. The average Bonchev–Trinajstić information content (AvgIpc) is 2.87. The molecule has 0 bridgehead atoms. The number of amides is 1. The van der Waals surface area contributed by atoms with E-state index in [4.69, 9.17) is 0 Å². The predicted octanol–water partition coefficient (Wildman–Crippen LogP) is 3.74. The van der Waals surface area contributed by atoms with Crippen LogP contribution < -0.4 is 0 Å². The molecule has 5 heteroatoms. The van der Waals surface area contributed by atoms with Gasteiger partial charge >= 0.3 is 0 Å². The molecule has 26 heavy (non-hydrogen) atoms. The molecule has 1 aliphatic heterocycles. The van der Waals surface area contributed by atoms with Gasteiger partial charge in [0.05, 0.1) is 11.6 Å². The fourth-order valence-electron chi connectivity index (χ4n) is 3.10. The van der Waals surface area contributed by atoms with E-state index in [1.807, 2.05) is 6.92 Å². The molecule has 0 aromatic heterocycles. The number of hydrogen-bond donors (Lipinski definition) is 1. The Labute approximate surface area is 150 Å². The van der Waals surface area contributed by atoms with Crippen molar-refractivity contribution < 1.29 is 19.1 Å². The number of likely N-dealkylation sites (tertiary alicyclic amines) is 1. The van der Waals surface area contributed by atoms with Crippen molar-refractivity contribution in [2.24, 2.45) is 0 Å². The van der Waals surface area contributed by atoms with Gasteiger partial charge in [-0.05, 0) is 24.6 Å². The smallest absolute Gasteiger partial charge is 0.295 e. The van der Waals surface area contributed by atoms with E-state index in [2.05, 4.69) is 6.58 Å². The molecule has 0 unspecified atom stereocenters. The second kappa shape index (κ2) is 6.96. The molecular weight excluding hydrogens is 333 g/mol. The number of nitrogens with zero attached hydrogens (tertiary/aromatic N) is 1. The van der Waals surface area contributed by atoms with Gasteiger partial charge in [-0.3, -0.25) is 9.59 Å². The van der Waals surface area contributed by atoms with Crippen molar-refractivity contribution in [1.29, 1.82) is 0 Å². The summed E-state index contributed by atoms with van der Waals surface area (Å²) >= 11 is 0. The first-order valence-corrected chi connectivity index (χ1v) is 8.16. The van der Waals surface area contributed by atoms with Gasteiger partial charge in [-0.15, -0.1) is 6.58 Å². The zero-order valence-electron chi connectivity index (χ0n) is 14.3. The second-order valence-corrected chi connectivity index (χ2v) is 6.16.